The third-order valence-electron chi connectivity index (χ3n) is 1.06. The molecule has 2 heteroatoms. The Balaban J connectivity index is 3.50. The van der Waals surface area contributed by atoms with Crippen LogP contribution in [0.3, 0.4) is 0 Å². The SMILES string of the molecule is CC#CCC(O)CC(C)=N. The number of aliphatic hydroxyl groups excluding tert-OH is 1. The maximum absolute atomic E-state index is 9.11. The van der Waals surface area contributed by atoms with Gasteiger partial charge in [0.05, 0.1) is 6.10 Å². The van der Waals surface area contributed by atoms with Crippen molar-refractivity contribution < 1.29 is 5.11 Å². The van der Waals surface area contributed by atoms with E-state index in [4.69, 9.17) is 10.5 Å². The summed E-state index contributed by atoms with van der Waals surface area (Å²) in [5, 5.41) is 16.2. The molecule has 0 radical (unpaired) electrons. The third kappa shape index (κ3) is 5.33. The van der Waals surface area contributed by atoms with Crippen LogP contribution in [-0.2, 0) is 0 Å². The van der Waals surface area contributed by atoms with Crippen LogP contribution in [0.25, 0.3) is 0 Å². The molecule has 0 fully saturated rings. The lowest BCUT2D eigenvalue weighted by atomic mass is 10.1. The van der Waals surface area contributed by atoms with E-state index in [0.717, 1.165) is 0 Å². The van der Waals surface area contributed by atoms with Crippen LogP contribution < -0.4 is 0 Å². The molecule has 0 spiro atoms. The molecule has 0 aromatic heterocycles. The maximum Gasteiger partial charge on any atom is 0.0701 e. The highest BCUT2D eigenvalue weighted by Gasteiger charge is 2.01. The average Bonchev–Trinajstić information content (AvgIpc) is 1.82. The molecule has 56 valence electrons. The largest absolute Gasteiger partial charge is 0.392 e. The van der Waals surface area contributed by atoms with Crippen LogP contribution in [0.15, 0.2) is 0 Å². The van der Waals surface area contributed by atoms with Gasteiger partial charge in [0.15, 0.2) is 0 Å². The molecule has 0 aliphatic rings. The lowest BCUT2D eigenvalue weighted by Crippen LogP contribution is -2.09. The Labute approximate surface area is 61.8 Å². The van der Waals surface area contributed by atoms with Crippen LogP contribution in [0.5, 0.6) is 0 Å². The zero-order valence-electron chi connectivity index (χ0n) is 6.44. The Kier molecular flexibility index (Phi) is 4.61. The summed E-state index contributed by atoms with van der Waals surface area (Å²) in [4.78, 5) is 0. The van der Waals surface area contributed by atoms with Crippen molar-refractivity contribution in [3.8, 4) is 11.8 Å². The predicted octanol–water partition coefficient (Wildman–Crippen LogP) is 1.19. The fourth-order valence-corrected chi connectivity index (χ4v) is 0.645. The first-order valence-electron chi connectivity index (χ1n) is 3.28. The van der Waals surface area contributed by atoms with Crippen molar-refractivity contribution in [1.82, 2.24) is 0 Å². The Hall–Kier alpha value is -0.810. The first-order chi connectivity index (χ1) is 4.66. The summed E-state index contributed by atoms with van der Waals surface area (Å²) in [6.45, 7) is 3.42. The van der Waals surface area contributed by atoms with E-state index in [1.54, 1.807) is 13.8 Å². The monoisotopic (exact) mass is 139 g/mol. The molecule has 0 aliphatic heterocycles. The molecule has 2 nitrogen and oxygen atoms in total. The number of rotatable bonds is 3. The van der Waals surface area contributed by atoms with E-state index in [-0.39, 0.29) is 0 Å². The van der Waals surface area contributed by atoms with Gasteiger partial charge in [0, 0.05) is 18.6 Å². The smallest absolute Gasteiger partial charge is 0.0701 e. The molecule has 0 bridgehead atoms. The van der Waals surface area contributed by atoms with Crippen LogP contribution in [0.1, 0.15) is 26.7 Å². The van der Waals surface area contributed by atoms with Crippen molar-refractivity contribution in [1.29, 1.82) is 5.41 Å². The van der Waals surface area contributed by atoms with Crippen LogP contribution >= 0.6 is 0 Å². The van der Waals surface area contributed by atoms with Crippen LogP contribution in [0, 0.1) is 17.3 Å². The number of nitrogens with one attached hydrogen (secondary N) is 1. The summed E-state index contributed by atoms with van der Waals surface area (Å²) in [6, 6.07) is 0. The summed E-state index contributed by atoms with van der Waals surface area (Å²) in [6.07, 6.45) is 0.464. The van der Waals surface area contributed by atoms with Gasteiger partial charge in [0.25, 0.3) is 0 Å². The van der Waals surface area contributed by atoms with E-state index in [0.29, 0.717) is 18.6 Å². The number of aliphatic hydroxyl groups is 1. The summed E-state index contributed by atoms with van der Waals surface area (Å²) >= 11 is 0. The van der Waals surface area contributed by atoms with E-state index in [1.165, 1.54) is 0 Å². The lowest BCUT2D eigenvalue weighted by molar-refractivity contribution is 0.188. The van der Waals surface area contributed by atoms with E-state index >= 15 is 0 Å². The second-order valence-electron chi connectivity index (χ2n) is 2.27. The molecule has 0 saturated heterocycles. The topological polar surface area (TPSA) is 44.1 Å². The Morgan fingerprint density at radius 2 is 2.30 bits per heavy atom. The van der Waals surface area contributed by atoms with Gasteiger partial charge in [-0.3, -0.25) is 0 Å². The van der Waals surface area contributed by atoms with Crippen LogP contribution in [0.4, 0.5) is 0 Å². The molecule has 0 rings (SSSR count). The van der Waals surface area contributed by atoms with Gasteiger partial charge in [-0.1, -0.05) is 0 Å². The quantitative estimate of drug-likeness (QED) is 0.447. The third-order valence-corrected chi connectivity index (χ3v) is 1.06. The van der Waals surface area contributed by atoms with Crippen LogP contribution in [0.2, 0.25) is 0 Å². The van der Waals surface area contributed by atoms with Crippen molar-refractivity contribution in [2.75, 3.05) is 0 Å². The van der Waals surface area contributed by atoms with E-state index in [2.05, 4.69) is 11.8 Å². The highest BCUT2D eigenvalue weighted by molar-refractivity contribution is 5.78. The minimum atomic E-state index is -0.454. The van der Waals surface area contributed by atoms with Gasteiger partial charge < -0.3 is 10.5 Å². The van der Waals surface area contributed by atoms with Gasteiger partial charge in [0.1, 0.15) is 0 Å². The van der Waals surface area contributed by atoms with Gasteiger partial charge in [-0.15, -0.1) is 11.8 Å². The standard InChI is InChI=1S/C8H13NO/c1-3-4-5-8(10)6-7(2)9/h8-10H,5-6H2,1-2H3. The Morgan fingerprint density at radius 1 is 1.70 bits per heavy atom. The maximum atomic E-state index is 9.11. The molecule has 1 unspecified atom stereocenters. The van der Waals surface area contributed by atoms with E-state index < -0.39 is 6.10 Å². The van der Waals surface area contributed by atoms with E-state index in [9.17, 15) is 0 Å². The summed E-state index contributed by atoms with van der Waals surface area (Å²) < 4.78 is 0. The van der Waals surface area contributed by atoms with Crippen molar-refractivity contribution in [3.05, 3.63) is 0 Å². The molecule has 0 aromatic rings. The van der Waals surface area contributed by atoms with Gasteiger partial charge in [0.2, 0.25) is 0 Å². The summed E-state index contributed by atoms with van der Waals surface area (Å²) in [5.41, 5.74) is 0.505. The zero-order chi connectivity index (χ0) is 7.98. The number of hydrogen-bond donors (Lipinski definition) is 2. The van der Waals surface area contributed by atoms with Gasteiger partial charge >= 0.3 is 0 Å². The van der Waals surface area contributed by atoms with Gasteiger partial charge in [-0.25, -0.2) is 0 Å². The second kappa shape index (κ2) is 5.01. The molecule has 0 amide bonds. The Bertz CT molecular complexity index is 164. The molecule has 0 saturated carbocycles. The van der Waals surface area contributed by atoms with Crippen molar-refractivity contribution in [2.45, 2.75) is 32.8 Å². The average molecular weight is 139 g/mol. The van der Waals surface area contributed by atoms with Crippen molar-refractivity contribution in [2.24, 2.45) is 0 Å². The lowest BCUT2D eigenvalue weighted by Gasteiger charge is -2.03. The summed E-state index contributed by atoms with van der Waals surface area (Å²) in [7, 11) is 0. The van der Waals surface area contributed by atoms with Crippen molar-refractivity contribution in [3.63, 3.8) is 0 Å². The molecular formula is C8H13NO. The second-order valence-corrected chi connectivity index (χ2v) is 2.27. The molecule has 0 aromatic carbocycles. The van der Waals surface area contributed by atoms with Crippen LogP contribution in [-0.4, -0.2) is 16.9 Å². The highest BCUT2D eigenvalue weighted by Crippen LogP contribution is 1.96. The molecule has 0 aliphatic carbocycles. The molecule has 0 heterocycles. The van der Waals surface area contributed by atoms with E-state index in [1.807, 2.05) is 0 Å². The van der Waals surface area contributed by atoms with Gasteiger partial charge in [-0.2, -0.15) is 0 Å². The normalized spacial score (nSPS) is 11.5. The Morgan fingerprint density at radius 3 is 2.70 bits per heavy atom. The summed E-state index contributed by atoms with van der Waals surface area (Å²) in [5.74, 6) is 5.45. The highest BCUT2D eigenvalue weighted by atomic mass is 16.3. The molecular weight excluding hydrogens is 126 g/mol. The predicted molar refractivity (Wildman–Crippen MR) is 42.1 cm³/mol. The molecule has 10 heavy (non-hydrogen) atoms. The first kappa shape index (κ1) is 9.19. The first-order valence-corrected chi connectivity index (χ1v) is 3.28. The molecule has 2 N–H and O–H groups in total. The fraction of sp³-hybridized carbons (Fsp3) is 0.625. The number of hydrogen-bond acceptors (Lipinski definition) is 2. The minimum Gasteiger partial charge on any atom is -0.392 e. The minimum absolute atomic E-state index is 0.439. The van der Waals surface area contributed by atoms with Gasteiger partial charge in [-0.05, 0) is 13.8 Å². The zero-order valence-corrected chi connectivity index (χ0v) is 6.44. The fourth-order valence-electron chi connectivity index (χ4n) is 0.645. The molecule has 1 atom stereocenters. The van der Waals surface area contributed by atoms with Crippen molar-refractivity contribution >= 4 is 5.71 Å².